The maximum Gasteiger partial charge on any atom is 0.277 e. The van der Waals surface area contributed by atoms with Gasteiger partial charge in [0.25, 0.3) is 5.91 Å². The minimum atomic E-state index is -0.332. The number of aliphatic hydroxyl groups excluding tert-OH is 1. The van der Waals surface area contributed by atoms with E-state index in [9.17, 15) is 14.7 Å². The van der Waals surface area contributed by atoms with E-state index >= 15 is 0 Å². The predicted octanol–water partition coefficient (Wildman–Crippen LogP) is 2.07. The van der Waals surface area contributed by atoms with E-state index in [1.165, 1.54) is 6.92 Å². The van der Waals surface area contributed by atoms with E-state index in [2.05, 4.69) is 4.99 Å². The fourth-order valence-electron chi connectivity index (χ4n) is 3.00. The quantitative estimate of drug-likeness (QED) is 0.555. The zero-order valence-electron chi connectivity index (χ0n) is 15.6. The number of piperidine rings is 1. The zero-order valence-corrected chi connectivity index (χ0v) is 15.6. The van der Waals surface area contributed by atoms with E-state index in [-0.39, 0.29) is 29.7 Å². The van der Waals surface area contributed by atoms with E-state index in [1.807, 2.05) is 0 Å². The highest BCUT2D eigenvalue weighted by atomic mass is 16.3. The van der Waals surface area contributed by atoms with Crippen molar-refractivity contribution < 1.29 is 14.7 Å². The van der Waals surface area contributed by atoms with Crippen LogP contribution in [0.3, 0.4) is 0 Å². The Morgan fingerprint density at radius 1 is 1.14 bits per heavy atom. The number of Topliss-reactive ketones (excluding diaryl/α,β-unsaturated/α-hetero) is 1. The number of hydrogen-bond donors (Lipinski definition) is 3. The van der Waals surface area contributed by atoms with E-state index < -0.39 is 0 Å². The number of hydrogen-bond acceptors (Lipinski definition) is 6. The van der Waals surface area contributed by atoms with Gasteiger partial charge in [-0.2, -0.15) is 0 Å². The molecule has 1 aliphatic heterocycles. The lowest BCUT2D eigenvalue weighted by Gasteiger charge is -2.30. The van der Waals surface area contributed by atoms with Crippen molar-refractivity contribution in [2.75, 3.05) is 17.2 Å². The number of nitrogens with zero attached hydrogens (tertiary/aromatic N) is 2. The molecule has 1 fully saturated rings. The summed E-state index contributed by atoms with van der Waals surface area (Å²) in [5.41, 5.74) is 14.9. The Balaban J connectivity index is 2.05. The number of amides is 1. The van der Waals surface area contributed by atoms with Crippen molar-refractivity contribution in [2.24, 2.45) is 10.7 Å². The lowest BCUT2D eigenvalue weighted by atomic mass is 9.96. The van der Waals surface area contributed by atoms with Crippen LogP contribution in [0.5, 0.6) is 0 Å². The largest absolute Gasteiger partial charge is 0.399 e. The lowest BCUT2D eigenvalue weighted by Crippen LogP contribution is -2.44. The van der Waals surface area contributed by atoms with Crippen LogP contribution in [0, 0.1) is 0 Å². The summed E-state index contributed by atoms with van der Waals surface area (Å²) in [6.07, 6.45) is 0.412. The fourth-order valence-corrected chi connectivity index (χ4v) is 3.00. The monoisotopic (exact) mass is 378 g/mol. The summed E-state index contributed by atoms with van der Waals surface area (Å²) in [4.78, 5) is 31.1. The molecule has 0 spiro atoms. The predicted molar refractivity (Wildman–Crippen MR) is 109 cm³/mol. The first-order valence-electron chi connectivity index (χ1n) is 8.86. The number of aliphatic imine (C=N–C) groups is 1. The molecule has 7 heteroatoms. The minimum Gasteiger partial charge on any atom is -0.399 e. The first-order chi connectivity index (χ1) is 13.4. The van der Waals surface area contributed by atoms with Crippen molar-refractivity contribution in [3.8, 4) is 0 Å². The highest BCUT2D eigenvalue weighted by Crippen LogP contribution is 2.27. The second kappa shape index (κ2) is 8.06. The number of carbonyl (C=O) groups is 2. The molecular formula is C21H22N4O3. The number of carbonyl (C=O) groups excluding carboxylic acids is 2. The molecule has 5 N–H and O–H groups in total. The van der Waals surface area contributed by atoms with Crippen LogP contribution in [0.1, 0.15) is 18.9 Å². The molecule has 0 unspecified atom stereocenters. The van der Waals surface area contributed by atoms with Gasteiger partial charge in [0.1, 0.15) is 5.71 Å². The molecule has 0 atom stereocenters. The number of ketones is 1. The maximum absolute atomic E-state index is 13.2. The lowest BCUT2D eigenvalue weighted by molar-refractivity contribution is -0.113. The summed E-state index contributed by atoms with van der Waals surface area (Å²) in [5, 5.41) is 9.18. The van der Waals surface area contributed by atoms with Gasteiger partial charge < -0.3 is 21.5 Å². The Hall–Kier alpha value is -3.45. The van der Waals surface area contributed by atoms with Gasteiger partial charge in [0.2, 0.25) is 0 Å². The molecule has 2 aromatic carbocycles. The molecule has 0 aromatic heterocycles. The van der Waals surface area contributed by atoms with Crippen molar-refractivity contribution in [3.05, 3.63) is 65.4 Å². The molecule has 7 nitrogen and oxygen atoms in total. The summed E-state index contributed by atoms with van der Waals surface area (Å²) >= 11 is 0. The van der Waals surface area contributed by atoms with Gasteiger partial charge in [-0.3, -0.25) is 9.59 Å². The molecule has 144 valence electrons. The summed E-state index contributed by atoms with van der Waals surface area (Å²) in [6.45, 7) is 1.67. The van der Waals surface area contributed by atoms with Gasteiger partial charge in [0.15, 0.2) is 5.78 Å². The smallest absolute Gasteiger partial charge is 0.277 e. The normalized spacial score (nSPS) is 17.7. The van der Waals surface area contributed by atoms with Crippen molar-refractivity contribution >= 4 is 34.5 Å². The van der Waals surface area contributed by atoms with E-state index in [0.29, 0.717) is 35.6 Å². The van der Waals surface area contributed by atoms with E-state index in [4.69, 9.17) is 11.5 Å². The van der Waals surface area contributed by atoms with Gasteiger partial charge in [-0.25, -0.2) is 4.99 Å². The van der Waals surface area contributed by atoms with Crippen LogP contribution in [0.2, 0.25) is 0 Å². The average Bonchev–Trinajstić information content (AvgIpc) is 2.70. The fraction of sp³-hybridized carbons (Fsp3) is 0.190. The topological polar surface area (TPSA) is 122 Å². The molecule has 0 saturated carbocycles. The van der Waals surface area contributed by atoms with Gasteiger partial charge in [-0.15, -0.1) is 0 Å². The average molecular weight is 378 g/mol. The van der Waals surface area contributed by atoms with Gasteiger partial charge >= 0.3 is 0 Å². The maximum atomic E-state index is 13.2. The molecule has 28 heavy (non-hydrogen) atoms. The van der Waals surface area contributed by atoms with Crippen molar-refractivity contribution in [1.82, 2.24) is 0 Å². The second-order valence-electron chi connectivity index (χ2n) is 6.53. The van der Waals surface area contributed by atoms with Crippen molar-refractivity contribution in [3.63, 3.8) is 0 Å². The number of rotatable bonds is 4. The summed E-state index contributed by atoms with van der Waals surface area (Å²) in [7, 11) is 0. The SMILES string of the molecule is CC(=O)C(N)=C1CCN(c2ccc(N)cc2)C(=O)C1=Nc1ccc(CO)cc1. The van der Waals surface area contributed by atoms with Crippen LogP contribution < -0.4 is 16.4 Å². The summed E-state index contributed by atoms with van der Waals surface area (Å²) < 4.78 is 0. The number of anilines is 2. The van der Waals surface area contributed by atoms with Crippen LogP contribution in [0.25, 0.3) is 0 Å². The molecule has 0 aliphatic carbocycles. The Kier molecular flexibility index (Phi) is 5.56. The van der Waals surface area contributed by atoms with Gasteiger partial charge in [0.05, 0.1) is 18.0 Å². The van der Waals surface area contributed by atoms with Gasteiger partial charge in [-0.05, 0) is 48.4 Å². The molecule has 2 aromatic rings. The number of benzene rings is 2. The number of allylic oxidation sites excluding steroid dienone is 1. The Bertz CT molecular complexity index is 960. The van der Waals surface area contributed by atoms with Crippen LogP contribution in [-0.4, -0.2) is 29.1 Å². The standard InChI is InChI=1S/C21H22N4O3/c1-13(27)19(23)18-10-11-25(17-8-4-15(22)5-9-17)21(28)20(18)24-16-6-2-14(12-26)3-7-16/h2-9,26H,10-12,22-23H2,1H3. The molecule has 1 saturated heterocycles. The first kappa shape index (κ1) is 19.3. The highest BCUT2D eigenvalue weighted by Gasteiger charge is 2.32. The Labute approximate surface area is 163 Å². The molecule has 1 heterocycles. The second-order valence-corrected chi connectivity index (χ2v) is 6.53. The third-order valence-corrected chi connectivity index (χ3v) is 4.59. The van der Waals surface area contributed by atoms with Crippen LogP contribution in [0.15, 0.2) is 64.8 Å². The number of nitrogens with two attached hydrogens (primary N) is 2. The van der Waals surface area contributed by atoms with Crippen LogP contribution in [-0.2, 0) is 16.2 Å². The molecule has 0 radical (unpaired) electrons. The number of nitrogen functional groups attached to an aromatic ring is 1. The number of aliphatic hydroxyl groups is 1. The molecule has 1 aliphatic rings. The molecule has 3 rings (SSSR count). The minimum absolute atomic E-state index is 0.0519. The Morgan fingerprint density at radius 3 is 2.36 bits per heavy atom. The van der Waals surface area contributed by atoms with Crippen LogP contribution in [0.4, 0.5) is 17.1 Å². The molecular weight excluding hydrogens is 356 g/mol. The third-order valence-electron chi connectivity index (χ3n) is 4.59. The molecule has 0 bridgehead atoms. The van der Waals surface area contributed by atoms with Crippen molar-refractivity contribution in [1.29, 1.82) is 0 Å². The Morgan fingerprint density at radius 2 is 1.79 bits per heavy atom. The summed E-state index contributed by atoms with van der Waals surface area (Å²) in [6, 6.07) is 13.8. The zero-order chi connectivity index (χ0) is 20.3. The van der Waals surface area contributed by atoms with Gasteiger partial charge in [0, 0.05) is 30.4 Å². The third kappa shape index (κ3) is 3.94. The first-order valence-corrected chi connectivity index (χ1v) is 8.86. The molecule has 1 amide bonds. The van der Waals surface area contributed by atoms with E-state index in [0.717, 1.165) is 5.56 Å². The van der Waals surface area contributed by atoms with Crippen LogP contribution >= 0.6 is 0 Å². The van der Waals surface area contributed by atoms with E-state index in [1.54, 1.807) is 53.4 Å². The summed E-state index contributed by atoms with van der Waals surface area (Å²) in [5.74, 6) is -0.631. The highest BCUT2D eigenvalue weighted by molar-refractivity contribution is 6.51. The van der Waals surface area contributed by atoms with Crippen molar-refractivity contribution in [2.45, 2.75) is 20.0 Å². The van der Waals surface area contributed by atoms with Gasteiger partial charge in [-0.1, -0.05) is 12.1 Å².